The number of fused-ring (bicyclic) bond motifs is 1. The number of ether oxygens (including phenoxy) is 1. The first-order chi connectivity index (χ1) is 24.1. The van der Waals surface area contributed by atoms with Crippen molar-refractivity contribution >= 4 is 46.3 Å². The van der Waals surface area contributed by atoms with Gasteiger partial charge in [-0.1, -0.05) is 68.8 Å². The summed E-state index contributed by atoms with van der Waals surface area (Å²) >= 11 is 6.18. The van der Waals surface area contributed by atoms with Crippen LogP contribution in [0.2, 0.25) is 5.02 Å². The topological polar surface area (TPSA) is 130 Å². The molecule has 0 spiro atoms. The Bertz CT molecular complexity index is 1920. The highest BCUT2D eigenvalue weighted by atomic mass is 35.5. The van der Waals surface area contributed by atoms with Gasteiger partial charge in [0.1, 0.15) is 18.2 Å². The Hall–Kier alpha value is -4.85. The van der Waals surface area contributed by atoms with Crippen molar-refractivity contribution < 1.29 is 14.3 Å². The fraction of sp³-hybridized carbons (Fsp3) is 0.400. The molecular formula is C40H48ClN7O3. The quantitative estimate of drug-likeness (QED) is 0.125. The third kappa shape index (κ3) is 9.48. The van der Waals surface area contributed by atoms with E-state index in [0.717, 1.165) is 40.7 Å². The molecule has 3 N–H and O–H groups in total. The van der Waals surface area contributed by atoms with E-state index < -0.39 is 5.54 Å². The van der Waals surface area contributed by atoms with Crippen LogP contribution in [0.1, 0.15) is 71.6 Å². The minimum absolute atomic E-state index is 0.0409. The van der Waals surface area contributed by atoms with Gasteiger partial charge in [0.2, 0.25) is 5.95 Å². The zero-order valence-electron chi connectivity index (χ0n) is 30.3. The average molecular weight is 710 g/mol. The zero-order chi connectivity index (χ0) is 36.9. The number of halogens is 1. The van der Waals surface area contributed by atoms with Crippen molar-refractivity contribution in [2.45, 2.75) is 85.2 Å². The third-order valence-corrected chi connectivity index (χ3v) is 9.54. The van der Waals surface area contributed by atoms with Crippen LogP contribution in [-0.4, -0.2) is 56.0 Å². The van der Waals surface area contributed by atoms with E-state index in [1.165, 1.54) is 6.08 Å². The first-order valence-corrected chi connectivity index (χ1v) is 17.7. The van der Waals surface area contributed by atoms with E-state index in [-0.39, 0.29) is 41.7 Å². The zero-order valence-corrected chi connectivity index (χ0v) is 31.1. The Labute approximate surface area is 305 Å². The van der Waals surface area contributed by atoms with Gasteiger partial charge in [-0.2, -0.15) is 5.26 Å². The number of anilines is 2. The first kappa shape index (κ1) is 37.4. The number of nitrogens with two attached hydrogens (primary N) is 1. The summed E-state index contributed by atoms with van der Waals surface area (Å²) in [6.45, 7) is 13.4. The van der Waals surface area contributed by atoms with Crippen molar-refractivity contribution in [1.29, 1.82) is 5.26 Å². The smallest absolute Gasteiger partial charge is 0.410 e. The summed E-state index contributed by atoms with van der Waals surface area (Å²) in [5.41, 5.74) is 9.44. The van der Waals surface area contributed by atoms with Gasteiger partial charge in [0.15, 0.2) is 0 Å². The summed E-state index contributed by atoms with van der Waals surface area (Å²) in [5, 5.41) is 13.9. The van der Waals surface area contributed by atoms with Crippen molar-refractivity contribution in [2.75, 3.05) is 18.4 Å². The van der Waals surface area contributed by atoms with Crippen molar-refractivity contribution in [3.63, 3.8) is 0 Å². The van der Waals surface area contributed by atoms with Crippen LogP contribution in [0.4, 0.5) is 16.4 Å². The number of benzene rings is 3. The maximum atomic E-state index is 13.6. The lowest BCUT2D eigenvalue weighted by atomic mass is 9.87. The summed E-state index contributed by atoms with van der Waals surface area (Å²) < 4.78 is 7.95. The van der Waals surface area contributed by atoms with E-state index in [1.54, 1.807) is 23.6 Å². The molecule has 3 aromatic carbocycles. The predicted molar refractivity (Wildman–Crippen MR) is 202 cm³/mol. The molecule has 268 valence electrons. The number of carbonyl (C=O) groups is 2. The van der Waals surface area contributed by atoms with Gasteiger partial charge in [-0.05, 0) is 92.6 Å². The van der Waals surface area contributed by atoms with Gasteiger partial charge in [0, 0.05) is 41.9 Å². The number of likely N-dealkylation sites (tertiary alicyclic amines) is 1. The Balaban J connectivity index is 1.48. The summed E-state index contributed by atoms with van der Waals surface area (Å²) in [6.07, 6.45) is 2.71. The molecule has 5 rings (SSSR count). The van der Waals surface area contributed by atoms with E-state index in [4.69, 9.17) is 27.1 Å². The van der Waals surface area contributed by atoms with E-state index in [1.807, 2.05) is 79.7 Å². The lowest BCUT2D eigenvalue weighted by Gasteiger charge is -2.37. The number of nitrogens with zero attached hydrogens (tertiary/aromatic N) is 5. The Morgan fingerprint density at radius 2 is 1.80 bits per heavy atom. The Morgan fingerprint density at radius 1 is 1.10 bits per heavy atom. The number of hydrogen-bond donors (Lipinski definition) is 2. The van der Waals surface area contributed by atoms with E-state index in [9.17, 15) is 14.9 Å². The number of hydrogen-bond acceptors (Lipinski definition) is 7. The van der Waals surface area contributed by atoms with Crippen molar-refractivity contribution in [3.8, 4) is 6.07 Å². The molecule has 1 aliphatic heterocycles. The van der Waals surface area contributed by atoms with Gasteiger partial charge < -0.3 is 30.2 Å². The van der Waals surface area contributed by atoms with Crippen LogP contribution in [-0.2, 0) is 22.7 Å². The Morgan fingerprint density at radius 3 is 2.45 bits per heavy atom. The molecule has 1 aromatic heterocycles. The summed E-state index contributed by atoms with van der Waals surface area (Å²) in [6, 6.07) is 24.9. The van der Waals surface area contributed by atoms with E-state index in [0.29, 0.717) is 30.6 Å². The highest BCUT2D eigenvalue weighted by Gasteiger charge is 2.32. The molecule has 1 aliphatic rings. The van der Waals surface area contributed by atoms with Crippen LogP contribution in [0.15, 0.2) is 84.4 Å². The van der Waals surface area contributed by atoms with Crippen LogP contribution in [0.25, 0.3) is 11.0 Å². The molecule has 1 fully saturated rings. The van der Waals surface area contributed by atoms with Crippen LogP contribution in [0.3, 0.4) is 0 Å². The highest BCUT2D eigenvalue weighted by molar-refractivity contribution is 6.30. The van der Waals surface area contributed by atoms with E-state index in [2.05, 4.69) is 36.7 Å². The summed E-state index contributed by atoms with van der Waals surface area (Å²) in [7, 11) is 0. The van der Waals surface area contributed by atoms with E-state index >= 15 is 0 Å². The molecule has 11 heteroatoms. The summed E-state index contributed by atoms with van der Waals surface area (Å²) in [5.74, 6) is 0.289. The number of nitrogens with one attached hydrogen (secondary N) is 1. The molecule has 51 heavy (non-hydrogen) atoms. The molecule has 1 saturated heterocycles. The van der Waals surface area contributed by atoms with Gasteiger partial charge in [0.05, 0.1) is 17.1 Å². The Kier molecular flexibility index (Phi) is 11.4. The molecule has 2 heterocycles. The second kappa shape index (κ2) is 15.6. The van der Waals surface area contributed by atoms with Gasteiger partial charge in [-0.3, -0.25) is 4.79 Å². The standard InChI is InChI=1S/C40H48ClN7O3/c1-27(39(2,3)4)47(38(50)51-26-28-11-8-7-9-12-28)24-29-14-19-35-34(21-29)45-37(44-32-17-15-31(41)16-18-32)48(35)33-13-10-20-46(25-33)36(49)30(23-42)22-40(5,6)43/h7-9,11-12,14-19,21-22,27,33H,10,13,20,24-26,43H2,1-6H3,(H,44,45)/t27-,33?/m0/s1. The SMILES string of the molecule is C[C@H](N(Cc1ccc2c(c1)nc(Nc1ccc(Cl)cc1)n2C1CCCN(C(=O)C(C#N)=CC(C)(C)N)C1)C(=O)OCc1ccccc1)C(C)(C)C. The number of nitriles is 1. The van der Waals surface area contributed by atoms with Crippen LogP contribution >= 0.6 is 11.6 Å². The average Bonchev–Trinajstić information content (AvgIpc) is 3.45. The largest absolute Gasteiger partial charge is 0.445 e. The predicted octanol–water partition coefficient (Wildman–Crippen LogP) is 8.36. The molecule has 0 bridgehead atoms. The fourth-order valence-electron chi connectivity index (χ4n) is 6.22. The minimum atomic E-state index is -0.803. The van der Waals surface area contributed by atoms with Crippen LogP contribution in [0.5, 0.6) is 0 Å². The van der Waals surface area contributed by atoms with Gasteiger partial charge >= 0.3 is 6.09 Å². The molecule has 1 unspecified atom stereocenters. The van der Waals surface area contributed by atoms with Crippen molar-refractivity contribution in [3.05, 3.63) is 101 Å². The minimum Gasteiger partial charge on any atom is -0.445 e. The number of carbonyl (C=O) groups excluding carboxylic acids is 2. The molecule has 0 radical (unpaired) electrons. The number of imidazole rings is 1. The van der Waals surface area contributed by atoms with Crippen molar-refractivity contribution in [1.82, 2.24) is 19.4 Å². The molecule has 10 nitrogen and oxygen atoms in total. The normalized spacial score (nSPS) is 16.0. The molecule has 4 aromatic rings. The molecule has 2 amide bonds. The third-order valence-electron chi connectivity index (χ3n) is 9.28. The molecule has 2 atom stereocenters. The fourth-order valence-corrected chi connectivity index (χ4v) is 6.35. The van der Waals surface area contributed by atoms with Crippen LogP contribution < -0.4 is 11.1 Å². The maximum Gasteiger partial charge on any atom is 0.410 e. The second-order valence-corrected chi connectivity index (χ2v) is 15.4. The molecular weight excluding hydrogens is 662 g/mol. The monoisotopic (exact) mass is 709 g/mol. The lowest BCUT2D eigenvalue weighted by Crippen LogP contribution is -2.45. The summed E-state index contributed by atoms with van der Waals surface area (Å²) in [4.78, 5) is 35.7. The first-order valence-electron chi connectivity index (χ1n) is 17.3. The number of amides is 2. The number of aromatic nitrogens is 2. The van der Waals surface area contributed by atoms with Gasteiger partial charge in [-0.25, -0.2) is 9.78 Å². The molecule has 0 aliphatic carbocycles. The lowest BCUT2D eigenvalue weighted by molar-refractivity contribution is -0.128. The molecule has 0 saturated carbocycles. The number of rotatable bonds is 10. The highest BCUT2D eigenvalue weighted by Crippen LogP contribution is 2.34. The second-order valence-electron chi connectivity index (χ2n) is 15.0. The van der Waals surface area contributed by atoms with Crippen molar-refractivity contribution in [2.24, 2.45) is 11.1 Å². The van der Waals surface area contributed by atoms with Gasteiger partial charge in [0.25, 0.3) is 5.91 Å². The maximum absolute atomic E-state index is 13.6. The van der Waals surface area contributed by atoms with Crippen LogP contribution in [0, 0.1) is 16.7 Å². The van der Waals surface area contributed by atoms with Gasteiger partial charge in [-0.15, -0.1) is 0 Å². The number of piperidine rings is 1.